The molecule has 0 radical (unpaired) electrons. The van der Waals surface area contributed by atoms with Crippen LogP contribution in [-0.4, -0.2) is 14.5 Å². The van der Waals surface area contributed by atoms with E-state index in [4.69, 9.17) is 9.97 Å². The number of hydrogen-bond acceptors (Lipinski definition) is 4. The first-order valence-electron chi connectivity index (χ1n) is 13.4. The number of rotatable bonds is 4. The van der Waals surface area contributed by atoms with Crippen LogP contribution in [0, 0.1) is 0 Å². The van der Waals surface area contributed by atoms with Crippen LogP contribution >= 0.6 is 18.5 Å². The standard InChI is InChI=1S/C34H24N3OPS/c1-2-31-35-27-21-20-25(22-16-18-23(19-17-22)34-36-26-12-6-9-15-30(26)40-34)33-32(27)37(31)28-13-7-8-14-29(28)39(33,38)24-10-4-3-5-11-24/h3-21H,2H2,1H3. The smallest absolute Gasteiger partial charge is 0.175 e. The van der Waals surface area contributed by atoms with Gasteiger partial charge in [0, 0.05) is 22.6 Å². The molecule has 0 spiro atoms. The van der Waals surface area contributed by atoms with Crippen molar-refractivity contribution in [3.05, 3.63) is 121 Å². The number of thiazole rings is 1. The second-order valence-electron chi connectivity index (χ2n) is 10.0. The van der Waals surface area contributed by atoms with Crippen LogP contribution < -0.4 is 15.9 Å². The Balaban J connectivity index is 1.40. The first-order chi connectivity index (χ1) is 19.7. The average molecular weight is 554 g/mol. The Morgan fingerprint density at radius 1 is 0.725 bits per heavy atom. The van der Waals surface area contributed by atoms with Gasteiger partial charge in [-0.3, -0.25) is 4.57 Å². The minimum absolute atomic E-state index is 0.782. The minimum atomic E-state index is -3.23. The van der Waals surface area contributed by atoms with Gasteiger partial charge in [-0.15, -0.1) is 11.3 Å². The van der Waals surface area contributed by atoms with Gasteiger partial charge in [0.1, 0.15) is 10.8 Å². The highest BCUT2D eigenvalue weighted by molar-refractivity contribution is 7.86. The molecule has 4 nitrogen and oxygen atoms in total. The zero-order valence-electron chi connectivity index (χ0n) is 21.8. The summed E-state index contributed by atoms with van der Waals surface area (Å²) >= 11 is 1.70. The average Bonchev–Trinajstić information content (AvgIpc) is 3.62. The van der Waals surface area contributed by atoms with E-state index in [0.29, 0.717) is 0 Å². The maximum absolute atomic E-state index is 15.7. The molecule has 0 saturated carbocycles. The number of aryl methyl sites for hydroxylation is 1. The number of nitrogens with zero attached hydrogens (tertiary/aromatic N) is 3. The molecule has 0 bridgehead atoms. The highest BCUT2D eigenvalue weighted by Gasteiger charge is 2.41. The lowest BCUT2D eigenvalue weighted by molar-refractivity contribution is 0.592. The van der Waals surface area contributed by atoms with Gasteiger partial charge in [-0.25, -0.2) is 9.97 Å². The lowest BCUT2D eigenvalue weighted by Gasteiger charge is -2.31. The quantitative estimate of drug-likeness (QED) is 0.212. The molecule has 6 heteroatoms. The number of imidazole rings is 1. The van der Waals surface area contributed by atoms with Crippen molar-refractivity contribution in [3.8, 4) is 27.4 Å². The zero-order valence-corrected chi connectivity index (χ0v) is 23.5. The molecule has 40 heavy (non-hydrogen) atoms. The Kier molecular flexibility index (Phi) is 5.22. The molecule has 0 aliphatic carbocycles. The van der Waals surface area contributed by atoms with E-state index in [0.717, 1.165) is 72.1 Å². The molecule has 0 N–H and O–H groups in total. The monoisotopic (exact) mass is 553 g/mol. The van der Waals surface area contributed by atoms with E-state index >= 15 is 4.57 Å². The fourth-order valence-corrected chi connectivity index (χ4v) is 10.2. The molecule has 7 aromatic rings. The summed E-state index contributed by atoms with van der Waals surface area (Å²) < 4.78 is 19.1. The molecule has 8 rings (SSSR count). The Morgan fingerprint density at radius 3 is 2.25 bits per heavy atom. The van der Waals surface area contributed by atoms with Crippen LogP contribution in [0.3, 0.4) is 0 Å². The number of benzene rings is 5. The summed E-state index contributed by atoms with van der Waals surface area (Å²) in [7, 11) is -3.23. The third-order valence-corrected chi connectivity index (χ3v) is 12.1. The van der Waals surface area contributed by atoms with Crippen molar-refractivity contribution in [1.82, 2.24) is 14.5 Å². The molecule has 1 aliphatic rings. The second kappa shape index (κ2) is 8.85. The topological polar surface area (TPSA) is 47.8 Å². The SMILES string of the molecule is CCc1nc2ccc(-c3ccc(-c4nc5ccccc5s4)cc3)c3c2n1-c1ccccc1P3(=O)c1ccccc1. The minimum Gasteiger partial charge on any atom is -0.308 e. The Bertz CT molecular complexity index is 2090. The van der Waals surface area contributed by atoms with Gasteiger partial charge in [-0.2, -0.15) is 0 Å². The van der Waals surface area contributed by atoms with Gasteiger partial charge in [0.25, 0.3) is 0 Å². The van der Waals surface area contributed by atoms with E-state index < -0.39 is 7.14 Å². The van der Waals surface area contributed by atoms with Crippen molar-refractivity contribution in [2.75, 3.05) is 0 Å². The molecule has 1 atom stereocenters. The molecule has 2 aromatic heterocycles. The molecule has 3 heterocycles. The van der Waals surface area contributed by atoms with Gasteiger partial charge in [0.15, 0.2) is 7.14 Å². The van der Waals surface area contributed by atoms with E-state index in [1.165, 1.54) is 4.70 Å². The van der Waals surface area contributed by atoms with E-state index in [2.05, 4.69) is 66.1 Å². The third kappa shape index (κ3) is 3.28. The number of para-hydroxylation sites is 2. The van der Waals surface area contributed by atoms with Gasteiger partial charge in [-0.05, 0) is 41.5 Å². The number of fused-ring (bicyclic) bond motifs is 3. The van der Waals surface area contributed by atoms with Gasteiger partial charge >= 0.3 is 0 Å². The molecule has 1 unspecified atom stereocenters. The molecule has 0 amide bonds. The van der Waals surface area contributed by atoms with Crippen LogP contribution in [-0.2, 0) is 11.0 Å². The molecular formula is C34H24N3OPS. The summed E-state index contributed by atoms with van der Waals surface area (Å²) in [6, 6.07) is 39.0. The van der Waals surface area contributed by atoms with E-state index in [1.807, 2.05) is 60.7 Å². The number of hydrogen-bond donors (Lipinski definition) is 0. The normalized spacial score (nSPS) is 15.9. The molecule has 192 valence electrons. The van der Waals surface area contributed by atoms with Crippen molar-refractivity contribution in [2.24, 2.45) is 0 Å². The Morgan fingerprint density at radius 2 is 1.45 bits per heavy atom. The fourth-order valence-electron chi connectivity index (χ4n) is 5.98. The second-order valence-corrected chi connectivity index (χ2v) is 13.7. The Hall–Kier alpha value is -4.31. The first-order valence-corrected chi connectivity index (χ1v) is 16.0. The van der Waals surface area contributed by atoms with Crippen LogP contribution in [0.5, 0.6) is 0 Å². The summed E-state index contributed by atoms with van der Waals surface area (Å²) in [5.41, 5.74) is 6.91. The van der Waals surface area contributed by atoms with Crippen LogP contribution in [0.4, 0.5) is 0 Å². The van der Waals surface area contributed by atoms with Crippen LogP contribution in [0.2, 0.25) is 0 Å². The first kappa shape index (κ1) is 23.6. The van der Waals surface area contributed by atoms with Crippen molar-refractivity contribution in [1.29, 1.82) is 0 Å². The largest absolute Gasteiger partial charge is 0.308 e. The van der Waals surface area contributed by atoms with Crippen molar-refractivity contribution in [3.63, 3.8) is 0 Å². The maximum Gasteiger partial charge on any atom is 0.175 e. The zero-order chi connectivity index (χ0) is 26.8. The van der Waals surface area contributed by atoms with Gasteiger partial charge in [0.2, 0.25) is 0 Å². The summed E-state index contributed by atoms with van der Waals surface area (Å²) in [5, 5.41) is 3.57. The molecule has 0 saturated heterocycles. The van der Waals surface area contributed by atoms with Gasteiger partial charge < -0.3 is 4.57 Å². The highest BCUT2D eigenvalue weighted by Crippen LogP contribution is 2.51. The van der Waals surface area contributed by atoms with Crippen molar-refractivity contribution in [2.45, 2.75) is 13.3 Å². The number of aromatic nitrogens is 3. The van der Waals surface area contributed by atoms with E-state index in [-0.39, 0.29) is 0 Å². The summed E-state index contributed by atoms with van der Waals surface area (Å²) in [6.45, 7) is 2.13. The van der Waals surface area contributed by atoms with Crippen LogP contribution in [0.1, 0.15) is 12.7 Å². The van der Waals surface area contributed by atoms with Gasteiger partial charge in [0.05, 0.1) is 32.2 Å². The van der Waals surface area contributed by atoms with Gasteiger partial charge in [-0.1, -0.05) is 91.9 Å². The van der Waals surface area contributed by atoms with E-state index in [1.54, 1.807) is 11.3 Å². The molecule has 5 aromatic carbocycles. The molecule has 0 fully saturated rings. The van der Waals surface area contributed by atoms with Crippen LogP contribution in [0.15, 0.2) is 115 Å². The fraction of sp³-hybridized carbons (Fsp3) is 0.0588. The predicted octanol–water partition coefficient (Wildman–Crippen LogP) is 7.48. The maximum atomic E-state index is 15.7. The van der Waals surface area contributed by atoms with Crippen molar-refractivity contribution < 1.29 is 4.57 Å². The summed E-state index contributed by atoms with van der Waals surface area (Å²) in [6.07, 6.45) is 0.782. The third-order valence-electron chi connectivity index (χ3n) is 7.81. The molecular weight excluding hydrogens is 529 g/mol. The predicted molar refractivity (Wildman–Crippen MR) is 167 cm³/mol. The van der Waals surface area contributed by atoms with Crippen molar-refractivity contribution >= 4 is 55.6 Å². The summed E-state index contributed by atoms with van der Waals surface area (Å²) in [5.74, 6) is 0.978. The van der Waals surface area contributed by atoms with E-state index in [9.17, 15) is 0 Å². The highest BCUT2D eigenvalue weighted by atomic mass is 32.1. The lowest BCUT2D eigenvalue weighted by atomic mass is 10.0. The summed E-state index contributed by atoms with van der Waals surface area (Å²) in [4.78, 5) is 9.85. The lowest BCUT2D eigenvalue weighted by Crippen LogP contribution is -2.34. The molecule has 1 aliphatic heterocycles. The van der Waals surface area contributed by atoms with Crippen LogP contribution in [0.25, 0.3) is 48.6 Å². The Labute approximate surface area is 236 Å².